The van der Waals surface area contributed by atoms with Gasteiger partial charge in [-0.3, -0.25) is 9.10 Å². The largest absolute Gasteiger partial charge is 0.390 e. The fourth-order valence-electron chi connectivity index (χ4n) is 3.88. The number of carbonyl (C=O) groups excluding carboxylic acids is 1. The molecule has 0 radical (unpaired) electrons. The van der Waals surface area contributed by atoms with E-state index >= 15 is 4.39 Å². The van der Waals surface area contributed by atoms with E-state index in [4.69, 9.17) is 5.73 Å². The summed E-state index contributed by atoms with van der Waals surface area (Å²) in [4.78, 5) is 13.1. The van der Waals surface area contributed by atoms with Crippen molar-refractivity contribution in [3.63, 3.8) is 0 Å². The van der Waals surface area contributed by atoms with E-state index < -0.39 is 33.9 Å². The average Bonchev–Trinajstić information content (AvgIpc) is 2.80. The summed E-state index contributed by atoms with van der Waals surface area (Å²) < 4.78 is 41.8. The molecule has 1 saturated heterocycles. The summed E-state index contributed by atoms with van der Waals surface area (Å²) in [6.07, 6.45) is 0.371. The molecule has 3 rings (SSSR count). The van der Waals surface area contributed by atoms with E-state index in [9.17, 15) is 18.3 Å². The molecule has 5 N–H and O–H groups in total. The SMILES string of the molecule is CCNc1cc(C(=O)N[C@@H](Cc2ccccc2)[C@H](O)CN)c(F)c(N2CCCCS2(=O)=O)c1. The van der Waals surface area contributed by atoms with Crippen molar-refractivity contribution in [2.24, 2.45) is 5.73 Å². The van der Waals surface area contributed by atoms with E-state index in [-0.39, 0.29) is 30.1 Å². The van der Waals surface area contributed by atoms with E-state index in [0.717, 1.165) is 9.87 Å². The van der Waals surface area contributed by atoms with Crippen LogP contribution in [0.3, 0.4) is 0 Å². The Morgan fingerprint density at radius 1 is 1.24 bits per heavy atom. The quantitative estimate of drug-likeness (QED) is 0.436. The zero-order valence-corrected chi connectivity index (χ0v) is 19.4. The van der Waals surface area contributed by atoms with Crippen molar-refractivity contribution in [3.8, 4) is 0 Å². The molecule has 33 heavy (non-hydrogen) atoms. The van der Waals surface area contributed by atoms with Crippen LogP contribution in [0.4, 0.5) is 15.8 Å². The van der Waals surface area contributed by atoms with Crippen LogP contribution in [0, 0.1) is 5.82 Å². The van der Waals surface area contributed by atoms with Gasteiger partial charge in [0.2, 0.25) is 10.0 Å². The number of amides is 1. The average molecular weight is 479 g/mol. The molecule has 2 atom stereocenters. The van der Waals surface area contributed by atoms with E-state index in [1.54, 1.807) is 0 Å². The molecule has 1 heterocycles. The van der Waals surface area contributed by atoms with Crippen LogP contribution in [0.1, 0.15) is 35.7 Å². The van der Waals surface area contributed by atoms with Crippen LogP contribution in [0.5, 0.6) is 0 Å². The highest BCUT2D eigenvalue weighted by Gasteiger charge is 2.31. The molecule has 10 heteroatoms. The lowest BCUT2D eigenvalue weighted by atomic mass is 10.0. The van der Waals surface area contributed by atoms with Crippen molar-refractivity contribution >= 4 is 27.3 Å². The van der Waals surface area contributed by atoms with Gasteiger partial charge in [-0.2, -0.15) is 0 Å². The third-order valence-corrected chi connectivity index (χ3v) is 7.47. The highest BCUT2D eigenvalue weighted by atomic mass is 32.2. The third-order valence-electron chi connectivity index (χ3n) is 5.62. The number of rotatable bonds is 9. The normalized spacial score (nSPS) is 17.3. The molecule has 2 aromatic carbocycles. The summed E-state index contributed by atoms with van der Waals surface area (Å²) in [7, 11) is -3.68. The molecule has 0 aliphatic carbocycles. The summed E-state index contributed by atoms with van der Waals surface area (Å²) in [5, 5.41) is 16.1. The van der Waals surface area contributed by atoms with E-state index in [1.807, 2.05) is 37.3 Å². The highest BCUT2D eigenvalue weighted by Crippen LogP contribution is 2.31. The second-order valence-electron chi connectivity index (χ2n) is 8.06. The molecular weight excluding hydrogens is 447 g/mol. The number of hydrogen-bond acceptors (Lipinski definition) is 6. The Morgan fingerprint density at radius 2 is 1.97 bits per heavy atom. The molecule has 0 aromatic heterocycles. The first kappa shape index (κ1) is 24.9. The number of hydrogen-bond donors (Lipinski definition) is 4. The Kier molecular flexibility index (Phi) is 8.28. The highest BCUT2D eigenvalue weighted by molar-refractivity contribution is 7.92. The lowest BCUT2D eigenvalue weighted by Crippen LogP contribution is -2.48. The van der Waals surface area contributed by atoms with Crippen LogP contribution in [-0.2, 0) is 16.4 Å². The molecule has 0 unspecified atom stereocenters. The van der Waals surface area contributed by atoms with Gasteiger partial charge < -0.3 is 21.5 Å². The maximum Gasteiger partial charge on any atom is 0.254 e. The predicted molar refractivity (Wildman–Crippen MR) is 127 cm³/mol. The van der Waals surface area contributed by atoms with Gasteiger partial charge in [-0.1, -0.05) is 30.3 Å². The minimum absolute atomic E-state index is 0.0682. The monoisotopic (exact) mass is 478 g/mol. The first-order valence-corrected chi connectivity index (χ1v) is 12.7. The molecule has 0 spiro atoms. The molecule has 1 amide bonds. The number of sulfonamides is 1. The van der Waals surface area contributed by atoms with Crippen LogP contribution in [-0.4, -0.2) is 57.0 Å². The standard InChI is InChI=1S/C23H31FN4O4S/c1-2-26-17-13-18(22(24)20(14-17)28-10-6-7-11-33(28,31)32)23(30)27-19(21(29)15-25)12-16-8-4-3-5-9-16/h3-5,8-9,13-14,19,21,26,29H,2,6-7,10-12,15,25H2,1H3,(H,27,30)/t19-,21+/m0/s1. The minimum atomic E-state index is -3.68. The Hall–Kier alpha value is -2.69. The van der Waals surface area contributed by atoms with Crippen LogP contribution in [0.25, 0.3) is 0 Å². The van der Waals surface area contributed by atoms with Crippen molar-refractivity contribution in [3.05, 3.63) is 59.4 Å². The van der Waals surface area contributed by atoms with Gasteiger partial charge in [-0.15, -0.1) is 0 Å². The smallest absolute Gasteiger partial charge is 0.254 e. The van der Waals surface area contributed by atoms with Gasteiger partial charge >= 0.3 is 0 Å². The van der Waals surface area contributed by atoms with Gasteiger partial charge in [-0.25, -0.2) is 12.8 Å². The summed E-state index contributed by atoms with van der Waals surface area (Å²) in [6, 6.07) is 11.3. The maximum atomic E-state index is 15.5. The second-order valence-corrected chi connectivity index (χ2v) is 10.1. The molecular formula is C23H31FN4O4S. The van der Waals surface area contributed by atoms with Gasteiger partial charge in [0.05, 0.1) is 29.1 Å². The number of nitrogens with zero attached hydrogens (tertiary/aromatic N) is 1. The van der Waals surface area contributed by atoms with Crippen molar-refractivity contribution in [2.75, 3.05) is 35.0 Å². The van der Waals surface area contributed by atoms with E-state index in [2.05, 4.69) is 10.6 Å². The molecule has 0 saturated carbocycles. The fraction of sp³-hybridized carbons (Fsp3) is 0.435. The summed E-state index contributed by atoms with van der Waals surface area (Å²) in [5.74, 6) is -1.74. The zero-order valence-electron chi connectivity index (χ0n) is 18.6. The lowest BCUT2D eigenvalue weighted by Gasteiger charge is -2.30. The molecule has 0 bridgehead atoms. The molecule has 1 aliphatic heterocycles. The first-order valence-electron chi connectivity index (χ1n) is 11.1. The van der Waals surface area contributed by atoms with Crippen molar-refractivity contribution in [1.82, 2.24) is 5.32 Å². The number of halogens is 1. The number of anilines is 2. The van der Waals surface area contributed by atoms with Crippen molar-refractivity contribution in [2.45, 2.75) is 38.3 Å². The minimum Gasteiger partial charge on any atom is -0.390 e. The number of carbonyl (C=O) groups is 1. The lowest BCUT2D eigenvalue weighted by molar-refractivity contribution is 0.0842. The molecule has 1 aliphatic rings. The van der Waals surface area contributed by atoms with E-state index in [0.29, 0.717) is 31.5 Å². The Bertz CT molecular complexity index is 1070. The topological polar surface area (TPSA) is 125 Å². The number of aliphatic hydroxyl groups excluding tert-OH is 1. The van der Waals surface area contributed by atoms with Gasteiger partial charge in [0.25, 0.3) is 5.91 Å². The Balaban J connectivity index is 1.95. The van der Waals surface area contributed by atoms with Gasteiger partial charge in [0.15, 0.2) is 5.82 Å². The molecule has 1 fully saturated rings. The number of benzene rings is 2. The summed E-state index contributed by atoms with van der Waals surface area (Å²) in [6.45, 7) is 2.41. The third kappa shape index (κ3) is 6.01. The first-order chi connectivity index (χ1) is 15.8. The van der Waals surface area contributed by atoms with Crippen LogP contribution in [0.15, 0.2) is 42.5 Å². The zero-order chi connectivity index (χ0) is 24.0. The van der Waals surface area contributed by atoms with Gasteiger partial charge in [0, 0.05) is 25.3 Å². The maximum absolute atomic E-state index is 15.5. The molecule has 8 nitrogen and oxygen atoms in total. The van der Waals surface area contributed by atoms with Crippen molar-refractivity contribution in [1.29, 1.82) is 0 Å². The second kappa shape index (κ2) is 11.0. The predicted octanol–water partition coefficient (Wildman–Crippen LogP) is 1.85. The Labute approximate surface area is 194 Å². The van der Waals surface area contributed by atoms with Crippen LogP contribution < -0.4 is 20.7 Å². The van der Waals surface area contributed by atoms with E-state index in [1.165, 1.54) is 12.1 Å². The summed E-state index contributed by atoms with van der Waals surface area (Å²) >= 11 is 0. The molecule has 2 aromatic rings. The fourth-order valence-corrected chi connectivity index (χ4v) is 5.51. The molecule has 180 valence electrons. The van der Waals surface area contributed by atoms with Crippen molar-refractivity contribution < 1.29 is 22.7 Å². The van der Waals surface area contributed by atoms with Gasteiger partial charge in [-0.05, 0) is 43.9 Å². The number of aliphatic hydroxyl groups is 1. The number of nitrogens with one attached hydrogen (secondary N) is 2. The number of nitrogens with two attached hydrogens (primary N) is 1. The Morgan fingerprint density at radius 3 is 2.61 bits per heavy atom. The summed E-state index contributed by atoms with van der Waals surface area (Å²) in [5.41, 5.74) is 6.47. The van der Waals surface area contributed by atoms with Crippen LogP contribution >= 0.6 is 0 Å². The van der Waals surface area contributed by atoms with Crippen LogP contribution in [0.2, 0.25) is 0 Å². The van der Waals surface area contributed by atoms with Gasteiger partial charge in [0.1, 0.15) is 0 Å².